The van der Waals surface area contributed by atoms with Gasteiger partial charge in [0.1, 0.15) is 0 Å². The Morgan fingerprint density at radius 1 is 1.00 bits per heavy atom. The molecular weight excluding hydrogens is 334 g/mol. The van der Waals surface area contributed by atoms with Crippen LogP contribution in [-0.4, -0.2) is 16.9 Å². The molecule has 4 N–H and O–H groups in total. The summed E-state index contributed by atoms with van der Waals surface area (Å²) in [6.07, 6.45) is 2.43. The predicted octanol–water partition coefficient (Wildman–Crippen LogP) is 4.07. The lowest BCUT2D eigenvalue weighted by molar-refractivity contribution is -0.122. The number of benzene rings is 3. The lowest BCUT2D eigenvalue weighted by Gasteiger charge is -2.19. The summed E-state index contributed by atoms with van der Waals surface area (Å²) < 4.78 is 0. The van der Waals surface area contributed by atoms with Crippen molar-refractivity contribution in [1.29, 1.82) is 0 Å². The summed E-state index contributed by atoms with van der Waals surface area (Å²) in [5.41, 5.74) is 9.43. The maximum atomic E-state index is 12.7. The van der Waals surface area contributed by atoms with Crippen LogP contribution in [0.1, 0.15) is 24.1 Å². The Morgan fingerprint density at radius 3 is 2.56 bits per heavy atom. The number of fused-ring (bicyclic) bond motifs is 2. The second-order valence-corrected chi connectivity index (χ2v) is 6.97. The maximum Gasteiger partial charge on any atom is 0.237 e. The molecule has 0 aliphatic carbocycles. The summed E-state index contributed by atoms with van der Waals surface area (Å²) >= 11 is 0. The molecule has 0 radical (unpaired) electrons. The standard InChI is InChI=1S/C23H23N3O/c1-15(18-11-6-8-16-7-2-3-9-19(16)18)26-23(27)21(24)13-17-14-25-22-12-5-4-10-20(17)22/h2-12,14-15,21,25H,13,24H2,1H3,(H,26,27)/t15-,21-/m1/s1. The van der Waals surface area contributed by atoms with Crippen LogP contribution in [-0.2, 0) is 11.2 Å². The average Bonchev–Trinajstić information content (AvgIpc) is 3.10. The van der Waals surface area contributed by atoms with Crippen LogP contribution in [0.5, 0.6) is 0 Å². The van der Waals surface area contributed by atoms with Crippen LogP contribution < -0.4 is 11.1 Å². The van der Waals surface area contributed by atoms with Crippen molar-refractivity contribution in [2.24, 2.45) is 5.73 Å². The molecule has 0 unspecified atom stereocenters. The number of rotatable bonds is 5. The van der Waals surface area contributed by atoms with Crippen LogP contribution in [0, 0.1) is 0 Å². The van der Waals surface area contributed by atoms with Gasteiger partial charge >= 0.3 is 0 Å². The molecule has 4 heteroatoms. The molecule has 0 bridgehead atoms. The van der Waals surface area contributed by atoms with Crippen molar-refractivity contribution < 1.29 is 4.79 Å². The Balaban J connectivity index is 1.49. The van der Waals surface area contributed by atoms with Crippen LogP contribution in [0.4, 0.5) is 0 Å². The number of aromatic nitrogens is 1. The molecule has 4 rings (SSSR count). The number of amides is 1. The van der Waals surface area contributed by atoms with Crippen molar-refractivity contribution in [2.75, 3.05) is 0 Å². The molecule has 2 atom stereocenters. The first kappa shape index (κ1) is 17.3. The van der Waals surface area contributed by atoms with Gasteiger partial charge in [0, 0.05) is 17.1 Å². The molecule has 0 aliphatic heterocycles. The molecule has 0 fully saturated rings. The van der Waals surface area contributed by atoms with E-state index in [1.54, 1.807) is 0 Å². The molecule has 136 valence electrons. The zero-order chi connectivity index (χ0) is 18.8. The quantitative estimate of drug-likeness (QED) is 0.504. The van der Waals surface area contributed by atoms with Crippen molar-refractivity contribution in [1.82, 2.24) is 10.3 Å². The second-order valence-electron chi connectivity index (χ2n) is 6.97. The van der Waals surface area contributed by atoms with Crippen LogP contribution in [0.25, 0.3) is 21.7 Å². The predicted molar refractivity (Wildman–Crippen MR) is 110 cm³/mol. The fourth-order valence-electron chi connectivity index (χ4n) is 3.66. The minimum atomic E-state index is -0.596. The van der Waals surface area contributed by atoms with Crippen molar-refractivity contribution >= 4 is 27.6 Å². The molecular formula is C23H23N3O. The number of aromatic amines is 1. The van der Waals surface area contributed by atoms with E-state index in [0.717, 1.165) is 27.4 Å². The summed E-state index contributed by atoms with van der Waals surface area (Å²) in [6.45, 7) is 2.00. The normalized spacial score (nSPS) is 13.6. The molecule has 4 aromatic rings. The zero-order valence-electron chi connectivity index (χ0n) is 15.3. The van der Waals surface area contributed by atoms with Gasteiger partial charge in [-0.1, -0.05) is 60.7 Å². The van der Waals surface area contributed by atoms with E-state index in [0.29, 0.717) is 6.42 Å². The van der Waals surface area contributed by atoms with Gasteiger partial charge in [0.05, 0.1) is 12.1 Å². The van der Waals surface area contributed by atoms with E-state index in [2.05, 4.69) is 34.6 Å². The monoisotopic (exact) mass is 357 g/mol. The van der Waals surface area contributed by atoms with Crippen molar-refractivity contribution in [3.8, 4) is 0 Å². The molecule has 0 spiro atoms. The highest BCUT2D eigenvalue weighted by Crippen LogP contribution is 2.24. The van der Waals surface area contributed by atoms with Gasteiger partial charge in [0.15, 0.2) is 0 Å². The highest BCUT2D eigenvalue weighted by Gasteiger charge is 2.19. The summed E-state index contributed by atoms with van der Waals surface area (Å²) in [4.78, 5) is 15.9. The molecule has 0 saturated carbocycles. The number of hydrogen-bond acceptors (Lipinski definition) is 2. The second kappa shape index (κ2) is 7.25. The lowest BCUT2D eigenvalue weighted by atomic mass is 9.99. The van der Waals surface area contributed by atoms with Crippen molar-refractivity contribution in [2.45, 2.75) is 25.4 Å². The third kappa shape index (κ3) is 3.44. The first-order valence-corrected chi connectivity index (χ1v) is 9.22. The molecule has 0 saturated heterocycles. The van der Waals surface area contributed by atoms with Gasteiger partial charge in [-0.2, -0.15) is 0 Å². The number of carbonyl (C=O) groups excluding carboxylic acids is 1. The highest BCUT2D eigenvalue weighted by atomic mass is 16.2. The SMILES string of the molecule is C[C@@H](NC(=O)[C@H](N)Cc1c[nH]c2ccccc12)c1cccc2ccccc12. The van der Waals surface area contributed by atoms with Crippen LogP contribution in [0.2, 0.25) is 0 Å². The summed E-state index contributed by atoms with van der Waals surface area (Å²) in [5.74, 6) is -0.138. The molecule has 1 aromatic heterocycles. The van der Waals surface area contributed by atoms with E-state index < -0.39 is 6.04 Å². The number of nitrogens with two attached hydrogens (primary N) is 1. The van der Waals surface area contributed by atoms with Gasteiger partial charge < -0.3 is 16.0 Å². The Kier molecular flexibility index (Phi) is 4.65. The molecule has 4 nitrogen and oxygen atoms in total. The first-order chi connectivity index (χ1) is 13.1. The van der Waals surface area contributed by atoms with Gasteiger partial charge in [-0.05, 0) is 41.3 Å². The smallest absolute Gasteiger partial charge is 0.237 e. The topological polar surface area (TPSA) is 70.9 Å². The lowest BCUT2D eigenvalue weighted by Crippen LogP contribution is -2.43. The third-order valence-corrected chi connectivity index (χ3v) is 5.10. The highest BCUT2D eigenvalue weighted by molar-refractivity contribution is 5.88. The Labute approximate surface area is 158 Å². The number of H-pyrrole nitrogens is 1. The van der Waals surface area contributed by atoms with Crippen LogP contribution in [0.3, 0.4) is 0 Å². The Bertz CT molecular complexity index is 1090. The summed E-state index contributed by atoms with van der Waals surface area (Å²) in [5, 5.41) is 6.51. The fourth-order valence-corrected chi connectivity index (χ4v) is 3.66. The minimum absolute atomic E-state index is 0.113. The molecule has 3 aromatic carbocycles. The van der Waals surface area contributed by atoms with E-state index in [4.69, 9.17) is 5.73 Å². The van der Waals surface area contributed by atoms with E-state index in [1.165, 1.54) is 5.39 Å². The minimum Gasteiger partial charge on any atom is -0.361 e. The summed E-state index contributed by atoms with van der Waals surface area (Å²) in [7, 11) is 0. The Hall–Kier alpha value is -3.11. The van der Waals surface area contributed by atoms with Crippen molar-refractivity contribution in [3.63, 3.8) is 0 Å². The van der Waals surface area contributed by atoms with Crippen LogP contribution in [0.15, 0.2) is 72.9 Å². The van der Waals surface area contributed by atoms with Gasteiger partial charge in [-0.15, -0.1) is 0 Å². The third-order valence-electron chi connectivity index (χ3n) is 5.10. The van der Waals surface area contributed by atoms with E-state index >= 15 is 0 Å². The van der Waals surface area contributed by atoms with E-state index in [-0.39, 0.29) is 11.9 Å². The maximum absolute atomic E-state index is 12.7. The van der Waals surface area contributed by atoms with Gasteiger partial charge in [-0.25, -0.2) is 0 Å². The summed E-state index contributed by atoms with van der Waals surface area (Å²) in [6, 6.07) is 21.7. The molecule has 1 heterocycles. The fraction of sp³-hybridized carbons (Fsp3) is 0.174. The van der Waals surface area contributed by atoms with E-state index in [9.17, 15) is 4.79 Å². The first-order valence-electron chi connectivity index (χ1n) is 9.22. The Morgan fingerprint density at radius 2 is 1.70 bits per heavy atom. The van der Waals surface area contributed by atoms with Crippen molar-refractivity contribution in [3.05, 3.63) is 84.1 Å². The number of hydrogen-bond donors (Lipinski definition) is 3. The molecule has 27 heavy (non-hydrogen) atoms. The van der Waals surface area contributed by atoms with Gasteiger partial charge in [-0.3, -0.25) is 4.79 Å². The van der Waals surface area contributed by atoms with Gasteiger partial charge in [0.2, 0.25) is 5.91 Å². The average molecular weight is 357 g/mol. The molecule has 1 amide bonds. The van der Waals surface area contributed by atoms with Gasteiger partial charge in [0.25, 0.3) is 0 Å². The number of para-hydroxylation sites is 1. The van der Waals surface area contributed by atoms with E-state index in [1.807, 2.05) is 55.6 Å². The number of carbonyl (C=O) groups is 1. The number of nitrogens with one attached hydrogen (secondary N) is 2. The largest absolute Gasteiger partial charge is 0.361 e. The zero-order valence-corrected chi connectivity index (χ0v) is 15.3. The molecule has 0 aliphatic rings. The van der Waals surface area contributed by atoms with Crippen LogP contribution >= 0.6 is 0 Å².